The number of rotatable bonds is 7. The van der Waals surface area contributed by atoms with Gasteiger partial charge in [-0.1, -0.05) is 18.5 Å². The van der Waals surface area contributed by atoms with Crippen molar-refractivity contribution < 1.29 is 14.1 Å². The second-order valence-corrected chi connectivity index (χ2v) is 4.04. The Morgan fingerprint density at radius 2 is 2.21 bits per heavy atom. The fourth-order valence-corrected chi connectivity index (χ4v) is 1.50. The average Bonchev–Trinajstić information content (AvgIpc) is 2.87. The van der Waals surface area contributed by atoms with Crippen LogP contribution in [0.5, 0.6) is 0 Å². The molecule has 1 rings (SSSR count). The molecule has 3 amide bonds. The molecule has 0 aliphatic carbocycles. The van der Waals surface area contributed by atoms with Gasteiger partial charge in [0.25, 0.3) is 0 Å². The van der Waals surface area contributed by atoms with Crippen LogP contribution in [0, 0.1) is 0 Å². The number of aromatic nitrogens is 1. The van der Waals surface area contributed by atoms with Crippen molar-refractivity contribution in [1.82, 2.24) is 15.4 Å². The zero-order valence-corrected chi connectivity index (χ0v) is 11.3. The lowest BCUT2D eigenvalue weighted by molar-refractivity contribution is -0.116. The van der Waals surface area contributed by atoms with Gasteiger partial charge in [0.2, 0.25) is 5.91 Å². The predicted molar refractivity (Wildman–Crippen MR) is 70.7 cm³/mol. The van der Waals surface area contributed by atoms with Crippen molar-refractivity contribution in [2.24, 2.45) is 0 Å². The molecule has 1 heterocycles. The third-order valence-corrected chi connectivity index (χ3v) is 2.44. The summed E-state index contributed by atoms with van der Waals surface area (Å²) >= 11 is 0. The third-order valence-electron chi connectivity index (χ3n) is 2.44. The SMILES string of the molecule is CCCCN(CC(=O)Nc1ccon1)C(=O)NCC. The zero-order valence-electron chi connectivity index (χ0n) is 11.3. The summed E-state index contributed by atoms with van der Waals surface area (Å²) in [6, 6.07) is 1.31. The molecule has 1 aromatic rings. The van der Waals surface area contributed by atoms with Crippen LogP contribution in [0.25, 0.3) is 0 Å². The van der Waals surface area contributed by atoms with Gasteiger partial charge in [-0.2, -0.15) is 0 Å². The van der Waals surface area contributed by atoms with Crippen molar-refractivity contribution in [2.45, 2.75) is 26.7 Å². The molecule has 0 bridgehead atoms. The van der Waals surface area contributed by atoms with Gasteiger partial charge in [0, 0.05) is 19.2 Å². The lowest BCUT2D eigenvalue weighted by atomic mass is 10.3. The molecule has 1 aromatic heterocycles. The van der Waals surface area contributed by atoms with E-state index in [1.807, 2.05) is 13.8 Å². The Hall–Kier alpha value is -2.05. The Balaban J connectivity index is 2.50. The monoisotopic (exact) mass is 268 g/mol. The number of anilines is 1. The first-order valence-electron chi connectivity index (χ1n) is 6.40. The van der Waals surface area contributed by atoms with Gasteiger partial charge in [-0.25, -0.2) is 4.79 Å². The predicted octanol–water partition coefficient (Wildman–Crippen LogP) is 1.44. The van der Waals surface area contributed by atoms with Crippen molar-refractivity contribution in [3.05, 3.63) is 12.3 Å². The summed E-state index contributed by atoms with van der Waals surface area (Å²) in [5, 5.41) is 8.83. The van der Waals surface area contributed by atoms with Gasteiger partial charge in [0.1, 0.15) is 12.8 Å². The molecule has 0 aliphatic rings. The number of urea groups is 1. The molecule has 0 saturated carbocycles. The van der Waals surface area contributed by atoms with E-state index in [1.165, 1.54) is 11.2 Å². The van der Waals surface area contributed by atoms with Crippen molar-refractivity contribution >= 4 is 17.8 Å². The van der Waals surface area contributed by atoms with Crippen molar-refractivity contribution in [2.75, 3.05) is 25.0 Å². The van der Waals surface area contributed by atoms with Crippen LogP contribution < -0.4 is 10.6 Å². The van der Waals surface area contributed by atoms with Gasteiger partial charge in [-0.3, -0.25) is 4.79 Å². The molecule has 7 nitrogen and oxygen atoms in total. The summed E-state index contributed by atoms with van der Waals surface area (Å²) < 4.78 is 4.61. The highest BCUT2D eigenvalue weighted by Crippen LogP contribution is 2.02. The summed E-state index contributed by atoms with van der Waals surface area (Å²) in [5.41, 5.74) is 0. The minimum atomic E-state index is -0.295. The molecule has 0 unspecified atom stereocenters. The van der Waals surface area contributed by atoms with Gasteiger partial charge < -0.3 is 20.1 Å². The minimum Gasteiger partial charge on any atom is -0.363 e. The van der Waals surface area contributed by atoms with E-state index in [0.29, 0.717) is 18.9 Å². The highest BCUT2D eigenvalue weighted by Gasteiger charge is 2.16. The summed E-state index contributed by atoms with van der Waals surface area (Å²) in [6.07, 6.45) is 3.18. The van der Waals surface area contributed by atoms with E-state index in [0.717, 1.165) is 12.8 Å². The second-order valence-electron chi connectivity index (χ2n) is 4.04. The van der Waals surface area contributed by atoms with Gasteiger partial charge in [-0.05, 0) is 13.3 Å². The van der Waals surface area contributed by atoms with Crippen LogP contribution in [0.15, 0.2) is 16.9 Å². The van der Waals surface area contributed by atoms with Gasteiger partial charge in [0.15, 0.2) is 5.82 Å². The molecule has 0 fully saturated rings. The van der Waals surface area contributed by atoms with Crippen LogP contribution >= 0.6 is 0 Å². The first-order chi connectivity index (χ1) is 9.17. The Morgan fingerprint density at radius 3 is 2.79 bits per heavy atom. The van der Waals surface area contributed by atoms with Gasteiger partial charge in [0.05, 0.1) is 0 Å². The maximum absolute atomic E-state index is 11.8. The number of carbonyl (C=O) groups is 2. The Kier molecular flexibility index (Phi) is 6.42. The van der Waals surface area contributed by atoms with Crippen LogP contribution in [0.3, 0.4) is 0 Å². The molecular weight excluding hydrogens is 248 g/mol. The minimum absolute atomic E-state index is 0.00130. The molecule has 0 radical (unpaired) electrons. The van der Waals surface area contributed by atoms with Crippen molar-refractivity contribution in [3.63, 3.8) is 0 Å². The number of nitrogens with zero attached hydrogens (tertiary/aromatic N) is 2. The topological polar surface area (TPSA) is 87.5 Å². The smallest absolute Gasteiger partial charge is 0.317 e. The lowest BCUT2D eigenvalue weighted by Gasteiger charge is -2.21. The zero-order chi connectivity index (χ0) is 14.1. The molecule has 0 atom stereocenters. The normalized spacial score (nSPS) is 10.0. The highest BCUT2D eigenvalue weighted by atomic mass is 16.5. The number of unbranched alkanes of at least 4 members (excludes halogenated alkanes) is 1. The fraction of sp³-hybridized carbons (Fsp3) is 0.583. The summed E-state index contributed by atoms with van der Waals surface area (Å²) in [5.74, 6) is 0.0487. The Morgan fingerprint density at radius 1 is 1.42 bits per heavy atom. The van der Waals surface area contributed by atoms with Gasteiger partial charge in [-0.15, -0.1) is 0 Å². The number of hydrogen-bond acceptors (Lipinski definition) is 4. The van der Waals surface area contributed by atoms with Crippen LogP contribution in [0.4, 0.5) is 10.6 Å². The molecular formula is C12H20N4O3. The van der Waals surface area contributed by atoms with Crippen LogP contribution in [-0.2, 0) is 4.79 Å². The van der Waals surface area contributed by atoms with Gasteiger partial charge >= 0.3 is 6.03 Å². The Labute approximate surface area is 112 Å². The van der Waals surface area contributed by atoms with E-state index in [1.54, 1.807) is 6.07 Å². The quantitative estimate of drug-likeness (QED) is 0.783. The highest BCUT2D eigenvalue weighted by molar-refractivity contribution is 5.93. The standard InChI is InChI=1S/C12H20N4O3/c1-3-5-7-16(12(18)13-4-2)9-11(17)14-10-6-8-19-15-10/h6,8H,3-5,7,9H2,1-2H3,(H,13,18)(H,14,15,17). The van der Waals surface area contributed by atoms with Crippen LogP contribution in [0.2, 0.25) is 0 Å². The van der Waals surface area contributed by atoms with E-state index in [4.69, 9.17) is 0 Å². The van der Waals surface area contributed by atoms with E-state index in [-0.39, 0.29) is 18.5 Å². The number of nitrogens with one attached hydrogen (secondary N) is 2. The summed E-state index contributed by atoms with van der Waals surface area (Å²) in [4.78, 5) is 25.1. The largest absolute Gasteiger partial charge is 0.363 e. The number of carbonyl (C=O) groups excluding carboxylic acids is 2. The molecule has 0 aliphatic heterocycles. The molecule has 106 valence electrons. The maximum Gasteiger partial charge on any atom is 0.317 e. The molecule has 0 saturated heterocycles. The number of amides is 3. The molecule has 7 heteroatoms. The average molecular weight is 268 g/mol. The fourth-order valence-electron chi connectivity index (χ4n) is 1.50. The second kappa shape index (κ2) is 8.12. The number of hydrogen-bond donors (Lipinski definition) is 2. The first kappa shape index (κ1) is 15.0. The van der Waals surface area contributed by atoms with E-state index >= 15 is 0 Å². The Bertz CT molecular complexity index is 392. The summed E-state index contributed by atoms with van der Waals surface area (Å²) in [6.45, 7) is 4.95. The van der Waals surface area contributed by atoms with Crippen molar-refractivity contribution in [1.29, 1.82) is 0 Å². The van der Waals surface area contributed by atoms with Crippen molar-refractivity contribution in [3.8, 4) is 0 Å². The molecule has 19 heavy (non-hydrogen) atoms. The third kappa shape index (κ3) is 5.41. The van der Waals surface area contributed by atoms with Crippen LogP contribution in [0.1, 0.15) is 26.7 Å². The molecule has 0 aromatic carbocycles. The first-order valence-corrected chi connectivity index (χ1v) is 6.40. The van der Waals surface area contributed by atoms with Crippen LogP contribution in [-0.4, -0.2) is 41.6 Å². The molecule has 0 spiro atoms. The van der Waals surface area contributed by atoms with E-state index < -0.39 is 0 Å². The lowest BCUT2D eigenvalue weighted by Crippen LogP contribution is -2.44. The summed E-state index contributed by atoms with van der Waals surface area (Å²) in [7, 11) is 0. The van der Waals surface area contributed by atoms with E-state index in [2.05, 4.69) is 20.3 Å². The maximum atomic E-state index is 11.8. The van der Waals surface area contributed by atoms with E-state index in [9.17, 15) is 9.59 Å². The molecule has 2 N–H and O–H groups in total.